The van der Waals surface area contributed by atoms with Gasteiger partial charge in [-0.1, -0.05) is 59.8 Å². The third kappa shape index (κ3) is 8.25. The summed E-state index contributed by atoms with van der Waals surface area (Å²) in [5, 5.41) is 3.09. The van der Waals surface area contributed by atoms with Gasteiger partial charge >= 0.3 is 0 Å². The summed E-state index contributed by atoms with van der Waals surface area (Å²) in [4.78, 5) is 14.3. The van der Waals surface area contributed by atoms with E-state index in [4.69, 9.17) is 0 Å². The van der Waals surface area contributed by atoms with Gasteiger partial charge in [0.15, 0.2) is 0 Å². The number of hydrogen-bond acceptors (Lipinski definition) is 2. The zero-order chi connectivity index (χ0) is 14.5. The van der Waals surface area contributed by atoms with Crippen LogP contribution in [0.3, 0.4) is 0 Å². The molecule has 19 heavy (non-hydrogen) atoms. The Balaban J connectivity index is 3.76. The molecule has 0 rings (SSSR count). The third-order valence-electron chi connectivity index (χ3n) is 3.77. The first kappa shape index (κ1) is 18.4. The molecule has 0 aliphatic rings. The van der Waals surface area contributed by atoms with Crippen LogP contribution in [0.2, 0.25) is 0 Å². The van der Waals surface area contributed by atoms with E-state index < -0.39 is 0 Å². The normalized spacial score (nSPS) is 12.7. The van der Waals surface area contributed by atoms with E-state index in [-0.39, 0.29) is 11.9 Å². The van der Waals surface area contributed by atoms with Crippen molar-refractivity contribution in [2.45, 2.75) is 78.7 Å². The Kier molecular flexibility index (Phi) is 12.1. The molecule has 1 unspecified atom stereocenters. The predicted molar refractivity (Wildman–Crippen MR) is 83.4 cm³/mol. The Labute approximate surface area is 120 Å². The highest BCUT2D eigenvalue weighted by atomic mass is 16.2. The van der Waals surface area contributed by atoms with Crippen LogP contribution in [-0.4, -0.2) is 36.5 Å². The molecule has 1 atom stereocenters. The highest BCUT2D eigenvalue weighted by Gasteiger charge is 2.20. The van der Waals surface area contributed by atoms with Gasteiger partial charge in [0.1, 0.15) is 0 Å². The van der Waals surface area contributed by atoms with E-state index in [1.54, 1.807) is 0 Å². The summed E-state index contributed by atoms with van der Waals surface area (Å²) in [6.45, 7) is 11.3. The van der Waals surface area contributed by atoms with Crippen LogP contribution in [0, 0.1) is 0 Å². The molecule has 0 radical (unpaired) electrons. The maximum Gasteiger partial charge on any atom is 0.237 e. The van der Waals surface area contributed by atoms with Crippen molar-refractivity contribution in [3.05, 3.63) is 0 Å². The van der Waals surface area contributed by atoms with Gasteiger partial charge < -0.3 is 5.32 Å². The lowest BCUT2D eigenvalue weighted by Crippen LogP contribution is -2.46. The van der Waals surface area contributed by atoms with Crippen molar-refractivity contribution in [3.63, 3.8) is 0 Å². The molecule has 0 aliphatic carbocycles. The molecule has 0 aromatic rings. The van der Waals surface area contributed by atoms with E-state index in [1.807, 2.05) is 0 Å². The van der Waals surface area contributed by atoms with E-state index in [0.717, 1.165) is 32.5 Å². The second-order valence-corrected chi connectivity index (χ2v) is 5.20. The molecule has 1 amide bonds. The average molecular weight is 270 g/mol. The van der Waals surface area contributed by atoms with Crippen molar-refractivity contribution in [1.29, 1.82) is 0 Å². The molecule has 0 spiro atoms. The Morgan fingerprint density at radius 1 is 0.947 bits per heavy atom. The molecule has 1 N–H and O–H groups in total. The molecule has 3 nitrogen and oxygen atoms in total. The number of amides is 1. The quantitative estimate of drug-likeness (QED) is 0.550. The van der Waals surface area contributed by atoms with Crippen molar-refractivity contribution in [2.24, 2.45) is 0 Å². The van der Waals surface area contributed by atoms with Gasteiger partial charge in [-0.2, -0.15) is 0 Å². The number of rotatable bonds is 12. The summed E-state index contributed by atoms with van der Waals surface area (Å²) >= 11 is 0. The maximum absolute atomic E-state index is 12.1. The minimum absolute atomic E-state index is 0.0510. The number of hydrogen-bond donors (Lipinski definition) is 1. The summed E-state index contributed by atoms with van der Waals surface area (Å²) in [7, 11) is 0. The molecule has 0 aromatic carbocycles. The number of unbranched alkanes of at least 4 members (excludes halogenated alkanes) is 5. The van der Waals surface area contributed by atoms with Crippen molar-refractivity contribution in [2.75, 3.05) is 19.6 Å². The second kappa shape index (κ2) is 12.5. The minimum Gasteiger partial charge on any atom is -0.355 e. The first-order valence-corrected chi connectivity index (χ1v) is 8.22. The molecule has 114 valence electrons. The highest BCUT2D eigenvalue weighted by molar-refractivity contribution is 5.81. The lowest BCUT2D eigenvalue weighted by atomic mass is 10.1. The van der Waals surface area contributed by atoms with E-state index in [0.29, 0.717) is 0 Å². The summed E-state index contributed by atoms with van der Waals surface area (Å²) in [5.41, 5.74) is 0. The molecule has 0 aromatic heterocycles. The van der Waals surface area contributed by atoms with Crippen LogP contribution >= 0.6 is 0 Å². The second-order valence-electron chi connectivity index (χ2n) is 5.20. The molecule has 0 fully saturated rings. The van der Waals surface area contributed by atoms with Crippen LogP contribution in [0.15, 0.2) is 0 Å². The van der Waals surface area contributed by atoms with Gasteiger partial charge in [0.25, 0.3) is 0 Å². The van der Waals surface area contributed by atoms with Gasteiger partial charge in [-0.05, 0) is 25.9 Å². The van der Waals surface area contributed by atoms with E-state index in [9.17, 15) is 4.79 Å². The fraction of sp³-hybridized carbons (Fsp3) is 0.938. The van der Waals surface area contributed by atoms with E-state index in [1.165, 1.54) is 32.1 Å². The van der Waals surface area contributed by atoms with Gasteiger partial charge in [-0.25, -0.2) is 0 Å². The van der Waals surface area contributed by atoms with Crippen LogP contribution < -0.4 is 5.32 Å². The van der Waals surface area contributed by atoms with Crippen LogP contribution in [0.5, 0.6) is 0 Å². The summed E-state index contributed by atoms with van der Waals surface area (Å²) in [5.74, 6) is 0.208. The number of nitrogens with one attached hydrogen (secondary N) is 1. The van der Waals surface area contributed by atoms with Gasteiger partial charge in [0.05, 0.1) is 6.04 Å². The highest BCUT2D eigenvalue weighted by Crippen LogP contribution is 2.06. The standard InChI is InChI=1S/C16H34N2O/c1-5-9-10-11-12-13-14-17-16(19)15(6-2)18(7-3)8-4/h15H,5-14H2,1-4H3,(H,17,19). The van der Waals surface area contributed by atoms with Crippen LogP contribution in [0.4, 0.5) is 0 Å². The number of carbonyl (C=O) groups excluding carboxylic acids is 1. The SMILES string of the molecule is CCCCCCCCNC(=O)C(CC)N(CC)CC. The molecule has 0 saturated heterocycles. The van der Waals surface area contributed by atoms with Crippen molar-refractivity contribution in [3.8, 4) is 0 Å². The van der Waals surface area contributed by atoms with Gasteiger partial charge in [-0.15, -0.1) is 0 Å². The van der Waals surface area contributed by atoms with Crippen molar-refractivity contribution >= 4 is 5.91 Å². The van der Waals surface area contributed by atoms with Crippen LogP contribution in [0.1, 0.15) is 72.6 Å². The number of likely N-dealkylation sites (N-methyl/N-ethyl adjacent to an activating group) is 1. The lowest BCUT2D eigenvalue weighted by Gasteiger charge is -2.27. The van der Waals surface area contributed by atoms with Crippen LogP contribution in [0.25, 0.3) is 0 Å². The minimum atomic E-state index is 0.0510. The Morgan fingerprint density at radius 2 is 1.53 bits per heavy atom. The maximum atomic E-state index is 12.1. The fourth-order valence-electron chi connectivity index (χ4n) is 2.51. The number of carbonyl (C=O) groups is 1. The third-order valence-corrected chi connectivity index (χ3v) is 3.77. The summed E-state index contributed by atoms with van der Waals surface area (Å²) < 4.78 is 0. The largest absolute Gasteiger partial charge is 0.355 e. The molecule has 0 heterocycles. The molecule has 0 aliphatic heterocycles. The van der Waals surface area contributed by atoms with Crippen molar-refractivity contribution in [1.82, 2.24) is 10.2 Å². The van der Waals surface area contributed by atoms with Gasteiger partial charge in [0, 0.05) is 6.54 Å². The van der Waals surface area contributed by atoms with Crippen molar-refractivity contribution < 1.29 is 4.79 Å². The zero-order valence-corrected chi connectivity index (χ0v) is 13.5. The smallest absolute Gasteiger partial charge is 0.237 e. The average Bonchev–Trinajstić information content (AvgIpc) is 2.43. The molecular weight excluding hydrogens is 236 g/mol. The monoisotopic (exact) mass is 270 g/mol. The topological polar surface area (TPSA) is 32.3 Å². The lowest BCUT2D eigenvalue weighted by molar-refractivity contribution is -0.126. The summed E-state index contributed by atoms with van der Waals surface area (Å²) in [6, 6.07) is 0.0510. The van der Waals surface area contributed by atoms with E-state index in [2.05, 4.69) is 37.9 Å². The number of nitrogens with zero attached hydrogens (tertiary/aromatic N) is 1. The molecule has 0 bridgehead atoms. The first-order valence-electron chi connectivity index (χ1n) is 8.22. The fourth-order valence-corrected chi connectivity index (χ4v) is 2.51. The Bertz CT molecular complexity index is 215. The molecular formula is C16H34N2O. The predicted octanol–water partition coefficient (Wildman–Crippen LogP) is 3.58. The zero-order valence-electron chi connectivity index (χ0n) is 13.5. The Morgan fingerprint density at radius 3 is 2.05 bits per heavy atom. The first-order chi connectivity index (χ1) is 9.21. The molecule has 3 heteroatoms. The van der Waals surface area contributed by atoms with E-state index >= 15 is 0 Å². The molecule has 0 saturated carbocycles. The van der Waals surface area contributed by atoms with Gasteiger partial charge in [-0.3, -0.25) is 9.69 Å². The summed E-state index contributed by atoms with van der Waals surface area (Å²) in [6.07, 6.45) is 8.51. The Hall–Kier alpha value is -0.570. The van der Waals surface area contributed by atoms with Crippen LogP contribution in [-0.2, 0) is 4.79 Å². The van der Waals surface area contributed by atoms with Gasteiger partial charge in [0.2, 0.25) is 5.91 Å².